The predicted molar refractivity (Wildman–Crippen MR) is 128 cm³/mol. The summed E-state index contributed by atoms with van der Waals surface area (Å²) in [5.74, 6) is 7.96. The van der Waals surface area contributed by atoms with Crippen LogP contribution in [0.2, 0.25) is 0 Å². The maximum absolute atomic E-state index is 12.3. The summed E-state index contributed by atoms with van der Waals surface area (Å²) >= 11 is 0. The molecular weight excluding hydrogens is 418 g/mol. The van der Waals surface area contributed by atoms with Crippen LogP contribution in [0.25, 0.3) is 27.8 Å². The molecule has 0 radical (unpaired) electrons. The number of nitrogens with two attached hydrogens (primary N) is 2. The maximum Gasteiger partial charge on any atom is 0.409 e. The van der Waals surface area contributed by atoms with Gasteiger partial charge < -0.3 is 21.2 Å². The molecule has 1 fully saturated rings. The van der Waals surface area contributed by atoms with Crippen molar-refractivity contribution in [1.29, 1.82) is 0 Å². The van der Waals surface area contributed by atoms with Crippen LogP contribution in [0.1, 0.15) is 44.3 Å². The average Bonchev–Trinajstić information content (AvgIpc) is 3.38. The number of hydrogen-bond donors (Lipinski definition) is 2. The summed E-state index contributed by atoms with van der Waals surface area (Å²) in [6.07, 6.45) is 6.85. The van der Waals surface area contributed by atoms with Gasteiger partial charge in [0.2, 0.25) is 0 Å². The molecule has 1 saturated heterocycles. The van der Waals surface area contributed by atoms with E-state index in [2.05, 4.69) is 11.9 Å². The van der Waals surface area contributed by atoms with Crippen LogP contribution in [0.5, 0.6) is 0 Å². The zero-order chi connectivity index (χ0) is 22.9. The van der Waals surface area contributed by atoms with Gasteiger partial charge in [0.1, 0.15) is 22.9 Å². The Kier molecular flexibility index (Phi) is 5.53. The molecule has 9 heteroatoms. The molecule has 0 saturated carbocycles. The van der Waals surface area contributed by atoms with Crippen LogP contribution in [-0.2, 0) is 4.74 Å². The van der Waals surface area contributed by atoms with Crippen molar-refractivity contribution >= 4 is 28.3 Å². The van der Waals surface area contributed by atoms with Crippen LogP contribution < -0.4 is 11.6 Å². The fourth-order valence-electron chi connectivity index (χ4n) is 4.63. The zero-order valence-corrected chi connectivity index (χ0v) is 18.8. The number of anilines is 1. The molecular formula is C24H29N7O2. The summed E-state index contributed by atoms with van der Waals surface area (Å²) in [6, 6.07) is 9.99. The van der Waals surface area contributed by atoms with E-state index in [1.54, 1.807) is 15.8 Å². The van der Waals surface area contributed by atoms with Gasteiger partial charge in [0, 0.05) is 36.8 Å². The van der Waals surface area contributed by atoms with Gasteiger partial charge in [-0.2, -0.15) is 0 Å². The highest BCUT2D eigenvalue weighted by Crippen LogP contribution is 2.35. The minimum absolute atomic E-state index is 0.184. The third kappa shape index (κ3) is 3.73. The van der Waals surface area contributed by atoms with Crippen LogP contribution in [0.3, 0.4) is 0 Å². The number of fused-ring (bicyclic) bond motifs is 2. The van der Waals surface area contributed by atoms with Gasteiger partial charge in [-0.05, 0) is 31.4 Å². The number of rotatable bonds is 5. The van der Waals surface area contributed by atoms with Crippen LogP contribution in [0.15, 0.2) is 42.7 Å². The third-order valence-electron chi connectivity index (χ3n) is 6.44. The van der Waals surface area contributed by atoms with Gasteiger partial charge in [-0.15, -0.1) is 0 Å². The van der Waals surface area contributed by atoms with Crippen molar-refractivity contribution in [2.24, 2.45) is 0 Å². The molecule has 4 N–H and O–H groups in total. The Bertz CT molecular complexity index is 1300. The van der Waals surface area contributed by atoms with Crippen molar-refractivity contribution in [3.05, 3.63) is 48.5 Å². The van der Waals surface area contributed by atoms with Crippen molar-refractivity contribution in [3.8, 4) is 11.4 Å². The first-order chi connectivity index (χ1) is 16.1. The van der Waals surface area contributed by atoms with E-state index in [1.807, 2.05) is 40.9 Å². The third-order valence-corrected chi connectivity index (χ3v) is 6.44. The highest BCUT2D eigenvalue weighted by atomic mass is 16.6. The first-order valence-corrected chi connectivity index (χ1v) is 11.5. The van der Waals surface area contributed by atoms with Gasteiger partial charge >= 0.3 is 6.09 Å². The number of nitrogens with zero attached hydrogens (tertiary/aromatic N) is 5. The predicted octanol–water partition coefficient (Wildman–Crippen LogP) is 3.76. The molecule has 172 valence electrons. The Balaban J connectivity index is 1.46. The summed E-state index contributed by atoms with van der Waals surface area (Å²) in [6.45, 7) is 3.83. The molecule has 33 heavy (non-hydrogen) atoms. The standard InChI is InChI=1S/C24H29N7O2/c1-2-3-14-33-24(32)29-11-8-16(9-12-29)23-28-20(21-22(25)27-10-13-30(21)23)19-15-17-6-4-5-7-18(17)31(19)26/h4-7,10,13,15-16H,2-3,8-9,11-12,14,26H2,1H3,(H2,25,27). The summed E-state index contributed by atoms with van der Waals surface area (Å²) in [7, 11) is 0. The Morgan fingerprint density at radius 1 is 1.24 bits per heavy atom. The van der Waals surface area contributed by atoms with Crippen LogP contribution >= 0.6 is 0 Å². The van der Waals surface area contributed by atoms with Crippen molar-refractivity contribution in [2.75, 3.05) is 31.3 Å². The largest absolute Gasteiger partial charge is 0.449 e. The van der Waals surface area contributed by atoms with Crippen LogP contribution in [0, 0.1) is 0 Å². The number of para-hydroxylation sites is 1. The first-order valence-electron chi connectivity index (χ1n) is 11.5. The number of benzene rings is 1. The SMILES string of the molecule is CCCCOC(=O)N1CCC(c2nc(-c3cc4ccccc4n3N)c3c(N)nccn23)CC1. The fraction of sp³-hybridized carbons (Fsp3) is 0.375. The van der Waals surface area contributed by atoms with E-state index in [0.717, 1.165) is 59.3 Å². The summed E-state index contributed by atoms with van der Waals surface area (Å²) in [5.41, 5.74) is 9.49. The van der Waals surface area contributed by atoms with Gasteiger partial charge in [0.15, 0.2) is 0 Å². The number of unbranched alkanes of at least 4 members (excludes halogenated alkanes) is 1. The lowest BCUT2D eigenvalue weighted by Crippen LogP contribution is -2.38. The zero-order valence-electron chi connectivity index (χ0n) is 18.8. The van der Waals surface area contributed by atoms with Crippen molar-refractivity contribution < 1.29 is 9.53 Å². The molecule has 0 aliphatic carbocycles. The molecule has 0 spiro atoms. The van der Waals surface area contributed by atoms with E-state index >= 15 is 0 Å². The van der Waals surface area contributed by atoms with Gasteiger partial charge in [-0.3, -0.25) is 9.08 Å². The second kappa shape index (κ2) is 8.65. The summed E-state index contributed by atoms with van der Waals surface area (Å²) in [5, 5.41) is 1.04. The normalized spacial score (nSPS) is 14.9. The van der Waals surface area contributed by atoms with E-state index < -0.39 is 0 Å². The van der Waals surface area contributed by atoms with Crippen molar-refractivity contribution in [3.63, 3.8) is 0 Å². The Morgan fingerprint density at radius 3 is 2.79 bits per heavy atom. The molecule has 0 bridgehead atoms. The number of aromatic nitrogens is 4. The van der Waals surface area contributed by atoms with Gasteiger partial charge in [-0.1, -0.05) is 31.5 Å². The molecule has 5 rings (SSSR count). The lowest BCUT2D eigenvalue weighted by Gasteiger charge is -2.30. The molecule has 0 atom stereocenters. The molecule has 1 aliphatic heterocycles. The minimum Gasteiger partial charge on any atom is -0.449 e. The molecule has 4 heterocycles. The second-order valence-corrected chi connectivity index (χ2v) is 8.54. The number of likely N-dealkylation sites (tertiary alicyclic amines) is 1. The van der Waals surface area contributed by atoms with E-state index in [4.69, 9.17) is 21.3 Å². The monoisotopic (exact) mass is 447 g/mol. The molecule has 1 aliphatic rings. The fourth-order valence-corrected chi connectivity index (χ4v) is 4.63. The van der Waals surface area contributed by atoms with E-state index in [0.29, 0.717) is 25.5 Å². The first kappa shape index (κ1) is 21.1. The summed E-state index contributed by atoms with van der Waals surface area (Å²) < 4.78 is 9.06. The van der Waals surface area contributed by atoms with Crippen LogP contribution in [-0.4, -0.2) is 49.7 Å². The second-order valence-electron chi connectivity index (χ2n) is 8.54. The Hall–Kier alpha value is -3.75. The number of piperidine rings is 1. The quantitative estimate of drug-likeness (QED) is 0.355. The van der Waals surface area contributed by atoms with Gasteiger partial charge in [0.05, 0.1) is 17.8 Å². The van der Waals surface area contributed by atoms with Crippen molar-refractivity contribution in [2.45, 2.75) is 38.5 Å². The minimum atomic E-state index is -0.225. The smallest absolute Gasteiger partial charge is 0.409 e. The lowest BCUT2D eigenvalue weighted by molar-refractivity contribution is 0.0911. The van der Waals surface area contributed by atoms with E-state index in [-0.39, 0.29) is 12.0 Å². The summed E-state index contributed by atoms with van der Waals surface area (Å²) in [4.78, 5) is 23.5. The highest BCUT2D eigenvalue weighted by molar-refractivity contribution is 5.92. The number of amides is 1. The number of nitrogen functional groups attached to an aromatic ring is 2. The number of imidazole rings is 1. The number of carbonyl (C=O) groups is 1. The van der Waals surface area contributed by atoms with Crippen LogP contribution in [0.4, 0.5) is 10.6 Å². The number of carbonyl (C=O) groups excluding carboxylic acids is 1. The average molecular weight is 448 g/mol. The lowest BCUT2D eigenvalue weighted by atomic mass is 9.96. The van der Waals surface area contributed by atoms with Gasteiger partial charge in [0.25, 0.3) is 0 Å². The topological polar surface area (TPSA) is 117 Å². The van der Waals surface area contributed by atoms with E-state index in [1.165, 1.54) is 0 Å². The molecule has 3 aromatic heterocycles. The number of hydrogen-bond acceptors (Lipinski definition) is 6. The Morgan fingerprint density at radius 2 is 2.03 bits per heavy atom. The molecule has 4 aromatic rings. The van der Waals surface area contributed by atoms with Gasteiger partial charge in [-0.25, -0.2) is 14.8 Å². The Labute approximate surface area is 191 Å². The number of ether oxygens (including phenoxy) is 1. The molecule has 1 amide bonds. The maximum atomic E-state index is 12.3. The molecule has 9 nitrogen and oxygen atoms in total. The van der Waals surface area contributed by atoms with Crippen molar-refractivity contribution in [1.82, 2.24) is 23.9 Å². The highest BCUT2D eigenvalue weighted by Gasteiger charge is 2.29. The molecule has 0 unspecified atom stereocenters. The van der Waals surface area contributed by atoms with E-state index in [9.17, 15) is 4.79 Å². The molecule has 1 aromatic carbocycles.